The summed E-state index contributed by atoms with van der Waals surface area (Å²) in [6.07, 6.45) is 3.82. The summed E-state index contributed by atoms with van der Waals surface area (Å²) in [6.45, 7) is 3.19. The number of benzene rings is 2. The minimum Gasteiger partial charge on any atom is -0.493 e. The fourth-order valence-corrected chi connectivity index (χ4v) is 2.43. The van der Waals surface area contributed by atoms with Crippen molar-refractivity contribution in [2.45, 2.75) is 13.8 Å². The van der Waals surface area contributed by atoms with E-state index in [-0.39, 0.29) is 13.2 Å². The van der Waals surface area contributed by atoms with Gasteiger partial charge in [0.15, 0.2) is 24.7 Å². The van der Waals surface area contributed by atoms with Crippen LogP contribution in [0.1, 0.15) is 18.1 Å². The summed E-state index contributed by atoms with van der Waals surface area (Å²) in [5.74, 6) is 0.387. The molecular formula is C21H23ClN2O5. The standard InChI is InChI=1S/C21H23ClN2O5/c1-4-5-15-6-9-18(19(11-15)27-3)29-13-21(26)24-23-20(25)12-28-16-7-8-17(22)14(2)10-16/h4-11H,12-13H2,1-3H3,(H,23,25)(H,24,26)/b5-4+. The van der Waals surface area contributed by atoms with E-state index in [1.807, 2.05) is 32.1 Å². The van der Waals surface area contributed by atoms with Crippen LogP contribution in [0.2, 0.25) is 5.02 Å². The van der Waals surface area contributed by atoms with Gasteiger partial charge in [0.25, 0.3) is 11.8 Å². The summed E-state index contributed by atoms with van der Waals surface area (Å²) in [7, 11) is 1.52. The molecule has 0 aliphatic carbocycles. The average Bonchev–Trinajstić information content (AvgIpc) is 2.72. The molecule has 2 aromatic rings. The van der Waals surface area contributed by atoms with Crippen molar-refractivity contribution >= 4 is 29.5 Å². The van der Waals surface area contributed by atoms with E-state index in [2.05, 4.69) is 10.9 Å². The first-order chi connectivity index (χ1) is 13.9. The Labute approximate surface area is 174 Å². The highest BCUT2D eigenvalue weighted by atomic mass is 35.5. The lowest BCUT2D eigenvalue weighted by Crippen LogP contribution is -2.45. The third-order valence-electron chi connectivity index (χ3n) is 3.75. The lowest BCUT2D eigenvalue weighted by Gasteiger charge is -2.12. The lowest BCUT2D eigenvalue weighted by molar-refractivity contribution is -0.131. The topological polar surface area (TPSA) is 85.9 Å². The molecule has 0 unspecified atom stereocenters. The van der Waals surface area contributed by atoms with Gasteiger partial charge in [0.05, 0.1) is 7.11 Å². The summed E-state index contributed by atoms with van der Waals surface area (Å²) in [6, 6.07) is 10.4. The number of carbonyl (C=O) groups is 2. The summed E-state index contributed by atoms with van der Waals surface area (Å²) < 4.78 is 16.1. The Balaban J connectivity index is 1.76. The van der Waals surface area contributed by atoms with Crippen molar-refractivity contribution in [1.82, 2.24) is 10.9 Å². The van der Waals surface area contributed by atoms with Gasteiger partial charge in [0.1, 0.15) is 5.75 Å². The largest absolute Gasteiger partial charge is 0.493 e. The van der Waals surface area contributed by atoms with Gasteiger partial charge in [-0.3, -0.25) is 20.4 Å². The molecule has 0 heterocycles. The van der Waals surface area contributed by atoms with Gasteiger partial charge < -0.3 is 14.2 Å². The number of rotatable bonds is 8. The predicted molar refractivity (Wildman–Crippen MR) is 111 cm³/mol. The van der Waals surface area contributed by atoms with Crippen LogP contribution < -0.4 is 25.1 Å². The summed E-state index contributed by atoms with van der Waals surface area (Å²) in [4.78, 5) is 23.7. The molecule has 0 aliphatic heterocycles. The Morgan fingerprint density at radius 3 is 2.31 bits per heavy atom. The number of ether oxygens (including phenoxy) is 3. The molecule has 2 amide bonds. The number of hydrogen-bond acceptors (Lipinski definition) is 5. The van der Waals surface area contributed by atoms with Gasteiger partial charge in [0, 0.05) is 5.02 Å². The van der Waals surface area contributed by atoms with Crippen LogP contribution in [-0.2, 0) is 9.59 Å². The molecule has 0 radical (unpaired) electrons. The number of halogens is 1. The van der Waals surface area contributed by atoms with Gasteiger partial charge in [-0.1, -0.05) is 29.8 Å². The van der Waals surface area contributed by atoms with Crippen LogP contribution in [0, 0.1) is 6.92 Å². The molecule has 0 aromatic heterocycles. The van der Waals surface area contributed by atoms with Crippen LogP contribution >= 0.6 is 11.6 Å². The molecule has 2 N–H and O–H groups in total. The van der Waals surface area contributed by atoms with Gasteiger partial charge in [0.2, 0.25) is 0 Å². The summed E-state index contributed by atoms with van der Waals surface area (Å²) in [5.41, 5.74) is 6.31. The molecular weight excluding hydrogens is 396 g/mol. The number of allylic oxidation sites excluding steroid dienone is 1. The molecule has 0 fully saturated rings. The maximum absolute atomic E-state index is 11.9. The first-order valence-electron chi connectivity index (χ1n) is 8.83. The van der Waals surface area contributed by atoms with Crippen molar-refractivity contribution in [3.05, 3.63) is 58.6 Å². The minimum absolute atomic E-state index is 0.261. The number of nitrogens with one attached hydrogen (secondary N) is 2. The molecule has 154 valence electrons. The van der Waals surface area contributed by atoms with Crippen molar-refractivity contribution in [2.75, 3.05) is 20.3 Å². The van der Waals surface area contributed by atoms with E-state index in [1.165, 1.54) is 7.11 Å². The van der Waals surface area contributed by atoms with E-state index in [0.717, 1.165) is 11.1 Å². The Bertz CT molecular complexity index is 899. The second kappa shape index (κ2) is 11.0. The third kappa shape index (κ3) is 7.04. The van der Waals surface area contributed by atoms with Crippen LogP contribution in [0.5, 0.6) is 17.2 Å². The predicted octanol–water partition coefficient (Wildman–Crippen LogP) is 3.30. The SMILES string of the molecule is C/C=C/c1ccc(OCC(=O)NNC(=O)COc2ccc(Cl)c(C)c2)c(OC)c1. The summed E-state index contributed by atoms with van der Waals surface area (Å²) in [5, 5.41) is 0.613. The molecule has 0 spiro atoms. The highest BCUT2D eigenvalue weighted by Crippen LogP contribution is 2.28. The zero-order valence-electron chi connectivity index (χ0n) is 16.5. The van der Waals surface area contributed by atoms with E-state index in [0.29, 0.717) is 22.3 Å². The van der Waals surface area contributed by atoms with Crippen LogP contribution in [0.3, 0.4) is 0 Å². The van der Waals surface area contributed by atoms with Gasteiger partial charge in [-0.25, -0.2) is 0 Å². The number of carbonyl (C=O) groups excluding carboxylic acids is 2. The quantitative estimate of drug-likeness (QED) is 0.642. The molecule has 2 rings (SSSR count). The second-order valence-corrected chi connectivity index (χ2v) is 6.40. The maximum atomic E-state index is 11.9. The van der Waals surface area contributed by atoms with Gasteiger partial charge in [-0.05, 0) is 55.3 Å². The molecule has 8 heteroatoms. The Morgan fingerprint density at radius 1 is 1.00 bits per heavy atom. The first kappa shape index (κ1) is 22.1. The fraction of sp³-hybridized carbons (Fsp3) is 0.238. The molecule has 7 nitrogen and oxygen atoms in total. The molecule has 0 saturated carbocycles. The van der Waals surface area contributed by atoms with Crippen LogP contribution in [0.4, 0.5) is 0 Å². The first-order valence-corrected chi connectivity index (χ1v) is 9.21. The number of hydrogen-bond donors (Lipinski definition) is 2. The molecule has 0 bridgehead atoms. The van der Waals surface area contributed by atoms with Crippen LogP contribution in [0.25, 0.3) is 6.08 Å². The second-order valence-electron chi connectivity index (χ2n) is 5.99. The monoisotopic (exact) mass is 418 g/mol. The summed E-state index contributed by atoms with van der Waals surface area (Å²) >= 11 is 5.94. The number of aryl methyl sites for hydroxylation is 1. The molecule has 0 saturated heterocycles. The highest BCUT2D eigenvalue weighted by molar-refractivity contribution is 6.31. The van der Waals surface area contributed by atoms with Crippen LogP contribution in [-0.4, -0.2) is 32.1 Å². The van der Waals surface area contributed by atoms with E-state index in [4.69, 9.17) is 25.8 Å². The average molecular weight is 419 g/mol. The molecule has 0 atom stereocenters. The Morgan fingerprint density at radius 2 is 1.69 bits per heavy atom. The van der Waals surface area contributed by atoms with Crippen molar-refractivity contribution < 1.29 is 23.8 Å². The number of methoxy groups -OCH3 is 1. The van der Waals surface area contributed by atoms with E-state index >= 15 is 0 Å². The van der Waals surface area contributed by atoms with Crippen LogP contribution in [0.15, 0.2) is 42.5 Å². The lowest BCUT2D eigenvalue weighted by atomic mass is 10.2. The number of hydrazine groups is 1. The van der Waals surface area contributed by atoms with Gasteiger partial charge in [-0.15, -0.1) is 0 Å². The zero-order valence-corrected chi connectivity index (χ0v) is 17.2. The highest BCUT2D eigenvalue weighted by Gasteiger charge is 2.10. The molecule has 0 aliphatic rings. The number of amides is 2. The normalized spacial score (nSPS) is 10.5. The van der Waals surface area contributed by atoms with Crippen molar-refractivity contribution in [2.24, 2.45) is 0 Å². The van der Waals surface area contributed by atoms with Crippen molar-refractivity contribution in [3.8, 4) is 17.2 Å². The molecule has 2 aromatic carbocycles. The van der Waals surface area contributed by atoms with E-state index in [1.54, 1.807) is 30.3 Å². The van der Waals surface area contributed by atoms with Gasteiger partial charge in [-0.2, -0.15) is 0 Å². The van der Waals surface area contributed by atoms with Crippen molar-refractivity contribution in [1.29, 1.82) is 0 Å². The van der Waals surface area contributed by atoms with Crippen molar-refractivity contribution in [3.63, 3.8) is 0 Å². The zero-order chi connectivity index (χ0) is 21.2. The Kier molecular flexibility index (Phi) is 8.36. The smallest absolute Gasteiger partial charge is 0.276 e. The maximum Gasteiger partial charge on any atom is 0.276 e. The Hall–Kier alpha value is -3.19. The molecule has 29 heavy (non-hydrogen) atoms. The minimum atomic E-state index is -0.528. The van der Waals surface area contributed by atoms with E-state index in [9.17, 15) is 9.59 Å². The van der Waals surface area contributed by atoms with E-state index < -0.39 is 11.8 Å². The fourth-order valence-electron chi connectivity index (χ4n) is 2.31. The van der Waals surface area contributed by atoms with Gasteiger partial charge >= 0.3 is 0 Å². The third-order valence-corrected chi connectivity index (χ3v) is 4.17.